The maximum Gasteiger partial charge on any atom is 0.236 e. The van der Waals surface area contributed by atoms with Gasteiger partial charge in [0.15, 0.2) is 0 Å². The normalized spacial score (nSPS) is 10.2. The molecule has 2 nitrogen and oxygen atoms in total. The Morgan fingerprint density at radius 3 is 2.62 bits per heavy atom. The molecule has 1 radical (unpaired) electrons. The molecule has 0 saturated heterocycles. The summed E-state index contributed by atoms with van der Waals surface area (Å²) in [5.74, 6) is 0. The lowest BCUT2D eigenvalue weighted by atomic mass is 10.0. The second-order valence-corrected chi connectivity index (χ2v) is 2.85. The molecule has 0 heterocycles. The summed E-state index contributed by atoms with van der Waals surface area (Å²) in [6.45, 7) is 0. The highest BCUT2D eigenvalue weighted by Crippen LogP contribution is 2.21. The molecule has 0 spiro atoms. The number of rotatable bonds is 1. The Morgan fingerprint density at radius 1 is 1.08 bits per heavy atom. The van der Waals surface area contributed by atoms with Crippen LogP contribution in [-0.2, 0) is 4.79 Å². The van der Waals surface area contributed by atoms with Crippen LogP contribution in [-0.4, -0.2) is 6.29 Å². The van der Waals surface area contributed by atoms with Crippen LogP contribution in [0.15, 0.2) is 36.4 Å². The summed E-state index contributed by atoms with van der Waals surface area (Å²) >= 11 is 0. The topological polar surface area (TPSA) is 43.1 Å². The zero-order valence-electron chi connectivity index (χ0n) is 6.95. The molecule has 63 valence electrons. The lowest BCUT2D eigenvalue weighted by Gasteiger charge is -2.02. The third-order valence-corrected chi connectivity index (χ3v) is 2.06. The molecule has 2 heteroatoms. The van der Waals surface area contributed by atoms with Crippen molar-refractivity contribution in [3.05, 3.63) is 42.0 Å². The summed E-state index contributed by atoms with van der Waals surface area (Å²) in [6, 6.07) is 11.2. The molecule has 2 N–H and O–H groups in total. The zero-order chi connectivity index (χ0) is 9.26. The highest BCUT2D eigenvalue weighted by atomic mass is 16.1. The predicted octanol–water partition coefficient (Wildman–Crippen LogP) is 1.88. The van der Waals surface area contributed by atoms with Gasteiger partial charge in [0.25, 0.3) is 0 Å². The first-order valence-corrected chi connectivity index (χ1v) is 3.98. The Morgan fingerprint density at radius 2 is 1.85 bits per heavy atom. The molecule has 2 aromatic carbocycles. The van der Waals surface area contributed by atoms with Gasteiger partial charge in [-0.2, -0.15) is 0 Å². The molecule has 0 amide bonds. The van der Waals surface area contributed by atoms with Crippen LogP contribution in [0.3, 0.4) is 0 Å². The Hall–Kier alpha value is -1.83. The van der Waals surface area contributed by atoms with Crippen molar-refractivity contribution in [2.45, 2.75) is 0 Å². The smallest absolute Gasteiger partial charge is 0.236 e. The van der Waals surface area contributed by atoms with Gasteiger partial charge < -0.3 is 5.73 Å². The van der Waals surface area contributed by atoms with Crippen molar-refractivity contribution in [2.75, 3.05) is 5.73 Å². The Kier molecular flexibility index (Phi) is 1.74. The van der Waals surface area contributed by atoms with Gasteiger partial charge in [-0.1, -0.05) is 30.3 Å². The quantitative estimate of drug-likeness (QED) is 0.664. The molecule has 0 unspecified atom stereocenters. The molecule has 0 bridgehead atoms. The van der Waals surface area contributed by atoms with Crippen LogP contribution in [0.25, 0.3) is 10.8 Å². The predicted molar refractivity (Wildman–Crippen MR) is 53.2 cm³/mol. The van der Waals surface area contributed by atoms with E-state index in [1.807, 2.05) is 36.6 Å². The molecule has 2 rings (SSSR count). The Bertz CT molecular complexity index is 463. The third-order valence-electron chi connectivity index (χ3n) is 2.06. The fourth-order valence-electron chi connectivity index (χ4n) is 1.40. The first kappa shape index (κ1) is 7.80. The monoisotopic (exact) mass is 170 g/mol. The van der Waals surface area contributed by atoms with Gasteiger partial charge in [0, 0.05) is 5.69 Å². The number of carbonyl (C=O) groups excluding carboxylic acids is 1. The zero-order valence-corrected chi connectivity index (χ0v) is 6.95. The van der Waals surface area contributed by atoms with E-state index in [1.165, 1.54) is 0 Å². The van der Waals surface area contributed by atoms with Gasteiger partial charge in [0.05, 0.1) is 5.56 Å². The SMILES string of the molecule is Nc1ccc2ccccc2c1[C]=O. The molecule has 0 aliphatic heterocycles. The molecule has 13 heavy (non-hydrogen) atoms. The highest BCUT2D eigenvalue weighted by Gasteiger charge is 2.03. The van der Waals surface area contributed by atoms with E-state index in [2.05, 4.69) is 0 Å². The molecular weight excluding hydrogens is 162 g/mol. The minimum absolute atomic E-state index is 0.457. The summed E-state index contributed by atoms with van der Waals surface area (Å²) in [4.78, 5) is 10.6. The van der Waals surface area contributed by atoms with Crippen molar-refractivity contribution < 1.29 is 4.79 Å². The van der Waals surface area contributed by atoms with Crippen LogP contribution < -0.4 is 5.73 Å². The van der Waals surface area contributed by atoms with E-state index in [-0.39, 0.29) is 0 Å². The molecule has 0 atom stereocenters. The van der Waals surface area contributed by atoms with Crippen molar-refractivity contribution >= 4 is 22.7 Å². The Balaban J connectivity index is 2.91. The molecule has 2 aromatic rings. The van der Waals surface area contributed by atoms with Crippen molar-refractivity contribution in [2.24, 2.45) is 0 Å². The van der Waals surface area contributed by atoms with E-state index in [0.717, 1.165) is 10.8 Å². The van der Waals surface area contributed by atoms with Gasteiger partial charge in [-0.15, -0.1) is 0 Å². The summed E-state index contributed by atoms with van der Waals surface area (Å²) in [7, 11) is 0. The number of fused-ring (bicyclic) bond motifs is 1. The number of anilines is 1. The number of benzene rings is 2. The summed E-state index contributed by atoms with van der Waals surface area (Å²) < 4.78 is 0. The fourth-order valence-corrected chi connectivity index (χ4v) is 1.40. The number of nitrogen functional groups attached to an aromatic ring is 1. The van der Waals surface area contributed by atoms with E-state index in [0.29, 0.717) is 11.3 Å². The fraction of sp³-hybridized carbons (Fsp3) is 0. The second-order valence-electron chi connectivity index (χ2n) is 2.85. The first-order valence-electron chi connectivity index (χ1n) is 3.98. The van der Waals surface area contributed by atoms with Crippen molar-refractivity contribution in [3.8, 4) is 0 Å². The van der Waals surface area contributed by atoms with Gasteiger partial charge in [-0.05, 0) is 16.8 Å². The highest BCUT2D eigenvalue weighted by molar-refractivity contribution is 6.03. The minimum Gasteiger partial charge on any atom is -0.398 e. The standard InChI is InChI=1S/C11H8NO/c12-11-6-5-8-3-1-2-4-9(8)10(11)7-13/h1-6H,12H2. The molecule has 0 saturated carbocycles. The molecule has 0 aromatic heterocycles. The summed E-state index contributed by atoms with van der Waals surface area (Å²) in [6.07, 6.45) is 1.86. The second kappa shape index (κ2) is 2.90. The maximum atomic E-state index is 10.6. The number of nitrogens with two attached hydrogens (primary N) is 1. The van der Waals surface area contributed by atoms with Gasteiger partial charge in [-0.25, -0.2) is 0 Å². The van der Waals surface area contributed by atoms with Gasteiger partial charge in [-0.3, -0.25) is 4.79 Å². The van der Waals surface area contributed by atoms with E-state index in [4.69, 9.17) is 5.73 Å². The van der Waals surface area contributed by atoms with E-state index < -0.39 is 0 Å². The lowest BCUT2D eigenvalue weighted by molar-refractivity contribution is 0.563. The van der Waals surface area contributed by atoms with Crippen LogP contribution >= 0.6 is 0 Å². The number of hydrogen-bond donors (Lipinski definition) is 1. The summed E-state index contributed by atoms with van der Waals surface area (Å²) in [5.41, 5.74) is 6.57. The Labute approximate surface area is 76.0 Å². The van der Waals surface area contributed by atoms with Crippen molar-refractivity contribution in [3.63, 3.8) is 0 Å². The third kappa shape index (κ3) is 1.16. The van der Waals surface area contributed by atoms with Crippen LogP contribution in [0.2, 0.25) is 0 Å². The van der Waals surface area contributed by atoms with E-state index >= 15 is 0 Å². The molecule has 0 fully saturated rings. The van der Waals surface area contributed by atoms with Gasteiger partial charge in [0.1, 0.15) is 0 Å². The first-order chi connectivity index (χ1) is 6.33. The van der Waals surface area contributed by atoms with Gasteiger partial charge in [0.2, 0.25) is 6.29 Å². The molecular formula is C11H8NO. The molecule has 0 aliphatic carbocycles. The van der Waals surface area contributed by atoms with E-state index in [1.54, 1.807) is 6.07 Å². The van der Waals surface area contributed by atoms with Crippen LogP contribution in [0, 0.1) is 0 Å². The van der Waals surface area contributed by atoms with Crippen LogP contribution in [0.4, 0.5) is 5.69 Å². The number of hydrogen-bond acceptors (Lipinski definition) is 2. The lowest BCUT2D eigenvalue weighted by Crippen LogP contribution is -1.93. The van der Waals surface area contributed by atoms with E-state index in [9.17, 15) is 4.79 Å². The van der Waals surface area contributed by atoms with Crippen molar-refractivity contribution in [1.29, 1.82) is 0 Å². The maximum absolute atomic E-state index is 10.6. The molecule has 0 aliphatic rings. The van der Waals surface area contributed by atoms with Crippen molar-refractivity contribution in [1.82, 2.24) is 0 Å². The summed E-state index contributed by atoms with van der Waals surface area (Å²) in [5, 5.41) is 1.87. The van der Waals surface area contributed by atoms with Crippen LogP contribution in [0.1, 0.15) is 5.56 Å². The average Bonchev–Trinajstić information content (AvgIpc) is 2.18. The minimum atomic E-state index is 0.457. The van der Waals surface area contributed by atoms with Crippen LogP contribution in [0.5, 0.6) is 0 Å². The van der Waals surface area contributed by atoms with Gasteiger partial charge >= 0.3 is 0 Å². The average molecular weight is 170 g/mol. The largest absolute Gasteiger partial charge is 0.398 e.